The summed E-state index contributed by atoms with van der Waals surface area (Å²) in [5.41, 5.74) is 0.470. The zero-order chi connectivity index (χ0) is 8.81. The Labute approximate surface area is 74.9 Å². The highest BCUT2D eigenvalue weighted by Gasteiger charge is 2.13. The molecule has 1 N–H and O–H groups in total. The van der Waals surface area contributed by atoms with Gasteiger partial charge in [-0.1, -0.05) is 0 Å². The van der Waals surface area contributed by atoms with E-state index in [1.807, 2.05) is 0 Å². The molecule has 0 aliphatic carbocycles. The lowest BCUT2D eigenvalue weighted by atomic mass is 10.2. The Morgan fingerprint density at radius 3 is 3.00 bits per heavy atom. The van der Waals surface area contributed by atoms with Gasteiger partial charge in [0.2, 0.25) is 0 Å². The SMILES string of the molecule is O=C(O)CC[SiH2]C1CCCCO1. The Morgan fingerprint density at radius 2 is 2.42 bits per heavy atom. The summed E-state index contributed by atoms with van der Waals surface area (Å²) >= 11 is 0. The highest BCUT2D eigenvalue weighted by molar-refractivity contribution is 6.37. The van der Waals surface area contributed by atoms with E-state index < -0.39 is 5.97 Å². The Bertz CT molecular complexity index is 143. The molecule has 0 aromatic rings. The number of rotatable bonds is 4. The number of carbonyl (C=O) groups is 1. The van der Waals surface area contributed by atoms with Crippen molar-refractivity contribution in [2.45, 2.75) is 37.5 Å². The van der Waals surface area contributed by atoms with Crippen LogP contribution < -0.4 is 0 Å². The van der Waals surface area contributed by atoms with Crippen LogP contribution >= 0.6 is 0 Å². The number of hydrogen-bond acceptors (Lipinski definition) is 2. The molecule has 1 heterocycles. The normalized spacial score (nSPS) is 24.8. The summed E-state index contributed by atoms with van der Waals surface area (Å²) in [6.07, 6.45) is 3.96. The zero-order valence-electron chi connectivity index (χ0n) is 7.29. The second kappa shape index (κ2) is 5.32. The van der Waals surface area contributed by atoms with E-state index in [0.29, 0.717) is 12.1 Å². The molecule has 4 heteroatoms. The van der Waals surface area contributed by atoms with E-state index in [4.69, 9.17) is 9.84 Å². The monoisotopic (exact) mass is 188 g/mol. The lowest BCUT2D eigenvalue weighted by Gasteiger charge is -2.21. The molecule has 1 fully saturated rings. The van der Waals surface area contributed by atoms with Crippen LogP contribution in [0.5, 0.6) is 0 Å². The van der Waals surface area contributed by atoms with Gasteiger partial charge in [-0.3, -0.25) is 4.79 Å². The molecule has 1 rings (SSSR count). The van der Waals surface area contributed by atoms with Crippen molar-refractivity contribution in [3.8, 4) is 0 Å². The lowest BCUT2D eigenvalue weighted by molar-refractivity contribution is -0.136. The van der Waals surface area contributed by atoms with E-state index in [1.165, 1.54) is 19.3 Å². The van der Waals surface area contributed by atoms with Crippen LogP contribution in [0.3, 0.4) is 0 Å². The number of hydrogen-bond donors (Lipinski definition) is 1. The maximum atomic E-state index is 10.2. The topological polar surface area (TPSA) is 46.5 Å². The molecule has 0 spiro atoms. The number of aliphatic carboxylic acids is 1. The van der Waals surface area contributed by atoms with Crippen LogP contribution in [0.15, 0.2) is 0 Å². The molecule has 1 unspecified atom stereocenters. The summed E-state index contributed by atoms with van der Waals surface area (Å²) in [6, 6.07) is 0.889. The molecule has 12 heavy (non-hydrogen) atoms. The van der Waals surface area contributed by atoms with Gasteiger partial charge in [0.05, 0.1) is 9.52 Å². The largest absolute Gasteiger partial charge is 0.481 e. The molecule has 1 atom stereocenters. The first-order chi connectivity index (χ1) is 5.79. The Hall–Kier alpha value is -0.353. The maximum Gasteiger partial charge on any atom is 0.303 e. The average molecular weight is 188 g/mol. The number of carboxylic acid groups (broad SMARTS) is 1. The van der Waals surface area contributed by atoms with Crippen LogP contribution in [0.25, 0.3) is 0 Å². The van der Waals surface area contributed by atoms with E-state index in [1.54, 1.807) is 0 Å². The number of ether oxygens (including phenoxy) is 1. The van der Waals surface area contributed by atoms with Gasteiger partial charge < -0.3 is 9.84 Å². The van der Waals surface area contributed by atoms with Crippen LogP contribution in [0.1, 0.15) is 25.7 Å². The molecule has 0 amide bonds. The van der Waals surface area contributed by atoms with Crippen molar-refractivity contribution in [2.24, 2.45) is 0 Å². The highest BCUT2D eigenvalue weighted by atomic mass is 28.2. The van der Waals surface area contributed by atoms with Gasteiger partial charge in [-0.15, -0.1) is 0 Å². The Morgan fingerprint density at radius 1 is 1.58 bits per heavy atom. The first-order valence-electron chi connectivity index (χ1n) is 4.62. The van der Waals surface area contributed by atoms with Gasteiger partial charge in [-0.05, 0) is 25.3 Å². The lowest BCUT2D eigenvalue weighted by Crippen LogP contribution is -2.25. The second-order valence-corrected chi connectivity index (χ2v) is 5.47. The summed E-state index contributed by atoms with van der Waals surface area (Å²) in [7, 11) is -0.280. The van der Waals surface area contributed by atoms with Gasteiger partial charge in [0.25, 0.3) is 0 Å². The molecule has 70 valence electrons. The van der Waals surface area contributed by atoms with E-state index in [2.05, 4.69) is 0 Å². The molecule has 1 aliphatic rings. The molecule has 0 bridgehead atoms. The van der Waals surface area contributed by atoms with Crippen LogP contribution in [-0.4, -0.2) is 32.9 Å². The van der Waals surface area contributed by atoms with Gasteiger partial charge in [-0.25, -0.2) is 0 Å². The predicted octanol–water partition coefficient (Wildman–Crippen LogP) is 0.575. The van der Waals surface area contributed by atoms with Gasteiger partial charge in [0.15, 0.2) is 0 Å². The summed E-state index contributed by atoms with van der Waals surface area (Å²) < 4.78 is 5.53. The van der Waals surface area contributed by atoms with Gasteiger partial charge in [0.1, 0.15) is 0 Å². The van der Waals surface area contributed by atoms with E-state index >= 15 is 0 Å². The standard InChI is InChI=1S/C8H16O3Si/c9-7(10)4-6-12-8-3-1-2-5-11-8/h8H,1-6,12H2,(H,9,10). The van der Waals surface area contributed by atoms with Crippen molar-refractivity contribution in [3.63, 3.8) is 0 Å². The molecule has 0 radical (unpaired) electrons. The molecule has 1 saturated heterocycles. The number of carboxylic acids is 1. The highest BCUT2D eigenvalue weighted by Crippen LogP contribution is 2.12. The molecule has 1 aliphatic heterocycles. The summed E-state index contributed by atoms with van der Waals surface area (Å²) in [5, 5.41) is 8.42. The fourth-order valence-electron chi connectivity index (χ4n) is 1.52. The first-order valence-corrected chi connectivity index (χ1v) is 6.44. The molecular formula is C8H16O3Si. The Kier molecular flexibility index (Phi) is 4.32. The van der Waals surface area contributed by atoms with Crippen LogP contribution in [-0.2, 0) is 9.53 Å². The molecule has 0 aromatic carbocycles. The minimum absolute atomic E-state index is 0.280. The van der Waals surface area contributed by atoms with Gasteiger partial charge in [-0.2, -0.15) is 0 Å². The van der Waals surface area contributed by atoms with Crippen LogP contribution in [0, 0.1) is 0 Å². The molecule has 0 aromatic heterocycles. The minimum atomic E-state index is -0.668. The average Bonchev–Trinajstić information content (AvgIpc) is 2.05. The summed E-state index contributed by atoms with van der Waals surface area (Å²) in [4.78, 5) is 10.2. The second-order valence-electron chi connectivity index (χ2n) is 3.27. The van der Waals surface area contributed by atoms with Gasteiger partial charge in [0, 0.05) is 18.8 Å². The predicted molar refractivity (Wildman–Crippen MR) is 49.2 cm³/mol. The zero-order valence-corrected chi connectivity index (χ0v) is 8.71. The van der Waals surface area contributed by atoms with Crippen molar-refractivity contribution in [2.75, 3.05) is 6.61 Å². The maximum absolute atomic E-state index is 10.2. The fourth-order valence-corrected chi connectivity index (χ4v) is 3.39. The van der Waals surface area contributed by atoms with Crippen molar-refractivity contribution < 1.29 is 14.6 Å². The third kappa shape index (κ3) is 3.87. The van der Waals surface area contributed by atoms with Crippen molar-refractivity contribution in [1.82, 2.24) is 0 Å². The molecule has 3 nitrogen and oxygen atoms in total. The smallest absolute Gasteiger partial charge is 0.303 e. The van der Waals surface area contributed by atoms with E-state index in [0.717, 1.165) is 12.7 Å². The minimum Gasteiger partial charge on any atom is -0.481 e. The van der Waals surface area contributed by atoms with Crippen molar-refractivity contribution in [1.29, 1.82) is 0 Å². The first kappa shape index (κ1) is 9.73. The van der Waals surface area contributed by atoms with Crippen molar-refractivity contribution in [3.05, 3.63) is 0 Å². The van der Waals surface area contributed by atoms with E-state index in [-0.39, 0.29) is 9.52 Å². The van der Waals surface area contributed by atoms with Gasteiger partial charge >= 0.3 is 5.97 Å². The molecule has 0 saturated carbocycles. The third-order valence-corrected chi connectivity index (χ3v) is 4.24. The van der Waals surface area contributed by atoms with Crippen molar-refractivity contribution >= 4 is 15.5 Å². The quantitative estimate of drug-likeness (QED) is 0.656. The van der Waals surface area contributed by atoms with Crippen LogP contribution in [0.4, 0.5) is 0 Å². The summed E-state index contributed by atoms with van der Waals surface area (Å²) in [6.45, 7) is 0.894. The molecular weight excluding hydrogens is 172 g/mol. The summed E-state index contributed by atoms with van der Waals surface area (Å²) in [5.74, 6) is -0.668. The van der Waals surface area contributed by atoms with Crippen LogP contribution in [0.2, 0.25) is 6.04 Å². The third-order valence-electron chi connectivity index (χ3n) is 2.19. The fraction of sp³-hybridized carbons (Fsp3) is 0.875. The Balaban J connectivity index is 2.01. The van der Waals surface area contributed by atoms with E-state index in [9.17, 15) is 4.79 Å².